The summed E-state index contributed by atoms with van der Waals surface area (Å²) in [4.78, 5) is 38.0. The van der Waals surface area contributed by atoms with Crippen LogP contribution in [-0.2, 0) is 9.53 Å². The van der Waals surface area contributed by atoms with E-state index < -0.39 is 23.6 Å². The molecule has 6 heteroatoms. The summed E-state index contributed by atoms with van der Waals surface area (Å²) in [6.07, 6.45) is -0.276. The fourth-order valence-corrected chi connectivity index (χ4v) is 2.91. The van der Waals surface area contributed by atoms with Crippen molar-refractivity contribution in [2.24, 2.45) is 11.8 Å². The zero-order valence-corrected chi connectivity index (χ0v) is 16.4. The van der Waals surface area contributed by atoms with Gasteiger partial charge in [0.05, 0.1) is 18.6 Å². The predicted octanol–water partition coefficient (Wildman–Crippen LogP) is 4.42. The molecule has 2 aromatic rings. The van der Waals surface area contributed by atoms with Gasteiger partial charge in [0.25, 0.3) is 0 Å². The standard InChI is InChI=1S/C22H20ClNO4/c1-3-28-22(27)19(13-24)18(21(26)16-8-10-17(23)11-9-16)12-20(25)15-6-4-14(2)5-7-15/h4-11,18-19H,3,12H2,1-2H3. The molecule has 0 bridgehead atoms. The average Bonchev–Trinajstić information content (AvgIpc) is 2.68. The zero-order chi connectivity index (χ0) is 20.7. The minimum Gasteiger partial charge on any atom is -0.465 e. The number of hydrogen-bond donors (Lipinski definition) is 0. The lowest BCUT2D eigenvalue weighted by Crippen LogP contribution is -2.32. The first-order valence-electron chi connectivity index (χ1n) is 8.83. The number of halogens is 1. The third kappa shape index (κ3) is 5.28. The van der Waals surface area contributed by atoms with Crippen LogP contribution in [0.15, 0.2) is 48.5 Å². The molecule has 0 aromatic heterocycles. The lowest BCUT2D eigenvalue weighted by molar-refractivity contribution is -0.147. The van der Waals surface area contributed by atoms with Gasteiger partial charge in [-0.05, 0) is 38.1 Å². The molecule has 0 saturated carbocycles. The monoisotopic (exact) mass is 397 g/mol. The largest absolute Gasteiger partial charge is 0.465 e. The molecule has 2 rings (SSSR count). The highest BCUT2D eigenvalue weighted by Gasteiger charge is 2.37. The second-order valence-corrected chi connectivity index (χ2v) is 6.77. The molecule has 0 N–H and O–H groups in total. The summed E-state index contributed by atoms with van der Waals surface area (Å²) >= 11 is 5.86. The molecule has 0 amide bonds. The number of rotatable bonds is 8. The Morgan fingerprint density at radius 1 is 1.04 bits per heavy atom. The van der Waals surface area contributed by atoms with Crippen molar-refractivity contribution < 1.29 is 19.1 Å². The van der Waals surface area contributed by atoms with Crippen LogP contribution in [0, 0.1) is 30.1 Å². The van der Waals surface area contributed by atoms with Crippen molar-refractivity contribution >= 4 is 29.1 Å². The van der Waals surface area contributed by atoms with E-state index >= 15 is 0 Å². The van der Waals surface area contributed by atoms with Gasteiger partial charge in [-0.1, -0.05) is 41.4 Å². The molecule has 0 saturated heterocycles. The van der Waals surface area contributed by atoms with Gasteiger partial charge in [0.1, 0.15) is 0 Å². The van der Waals surface area contributed by atoms with E-state index in [9.17, 15) is 19.6 Å². The number of benzene rings is 2. The minimum atomic E-state index is -1.38. The highest BCUT2D eigenvalue weighted by atomic mass is 35.5. The van der Waals surface area contributed by atoms with E-state index in [0.29, 0.717) is 10.6 Å². The Balaban J connectivity index is 2.36. The Bertz CT molecular complexity index is 898. The molecule has 0 aliphatic heterocycles. The van der Waals surface area contributed by atoms with Crippen LogP contribution in [0.25, 0.3) is 0 Å². The van der Waals surface area contributed by atoms with Crippen LogP contribution in [0.3, 0.4) is 0 Å². The summed E-state index contributed by atoms with van der Waals surface area (Å²) in [6, 6.07) is 14.8. The Hall–Kier alpha value is -2.97. The molecular weight excluding hydrogens is 378 g/mol. The number of ether oxygens (including phenoxy) is 1. The van der Waals surface area contributed by atoms with Crippen LogP contribution in [0.1, 0.15) is 39.6 Å². The second-order valence-electron chi connectivity index (χ2n) is 6.33. The smallest absolute Gasteiger partial charge is 0.324 e. The molecule has 0 spiro atoms. The second kappa shape index (κ2) is 9.82. The van der Waals surface area contributed by atoms with Crippen molar-refractivity contribution in [2.45, 2.75) is 20.3 Å². The van der Waals surface area contributed by atoms with Crippen molar-refractivity contribution in [3.8, 4) is 6.07 Å². The first-order valence-corrected chi connectivity index (χ1v) is 9.21. The number of carbonyl (C=O) groups excluding carboxylic acids is 3. The van der Waals surface area contributed by atoms with Gasteiger partial charge in [-0.15, -0.1) is 0 Å². The third-order valence-electron chi connectivity index (χ3n) is 4.33. The van der Waals surface area contributed by atoms with E-state index in [2.05, 4.69) is 0 Å². The summed E-state index contributed by atoms with van der Waals surface area (Å²) < 4.78 is 4.94. The van der Waals surface area contributed by atoms with Crippen LogP contribution in [0.5, 0.6) is 0 Å². The fraction of sp³-hybridized carbons (Fsp3) is 0.273. The molecule has 144 valence electrons. The van der Waals surface area contributed by atoms with Gasteiger partial charge in [0, 0.05) is 22.6 Å². The number of carbonyl (C=O) groups is 3. The minimum absolute atomic E-state index is 0.0742. The number of esters is 1. The highest BCUT2D eigenvalue weighted by molar-refractivity contribution is 6.30. The van der Waals surface area contributed by atoms with Crippen LogP contribution in [0.4, 0.5) is 0 Å². The lowest BCUT2D eigenvalue weighted by atomic mass is 9.81. The Morgan fingerprint density at radius 3 is 2.14 bits per heavy atom. The van der Waals surface area contributed by atoms with Gasteiger partial charge >= 0.3 is 5.97 Å². The van der Waals surface area contributed by atoms with E-state index in [1.165, 1.54) is 12.1 Å². The van der Waals surface area contributed by atoms with Gasteiger partial charge < -0.3 is 4.74 Å². The molecule has 2 aromatic carbocycles. The SMILES string of the molecule is CCOC(=O)C(C#N)C(CC(=O)c1ccc(C)cc1)C(=O)c1ccc(Cl)cc1. The number of hydrogen-bond acceptors (Lipinski definition) is 5. The molecule has 0 aliphatic carbocycles. The van der Waals surface area contributed by atoms with Crippen molar-refractivity contribution in [3.05, 3.63) is 70.2 Å². The van der Waals surface area contributed by atoms with Crippen molar-refractivity contribution in [2.75, 3.05) is 6.61 Å². The maximum absolute atomic E-state index is 13.0. The van der Waals surface area contributed by atoms with Crippen molar-refractivity contribution in [1.29, 1.82) is 5.26 Å². The molecule has 2 unspecified atom stereocenters. The molecular formula is C22H20ClNO4. The normalized spacial score (nSPS) is 12.5. The van der Waals surface area contributed by atoms with Gasteiger partial charge in [-0.3, -0.25) is 14.4 Å². The summed E-state index contributed by atoms with van der Waals surface area (Å²) in [7, 11) is 0. The maximum atomic E-state index is 13.0. The predicted molar refractivity (Wildman–Crippen MR) is 105 cm³/mol. The topological polar surface area (TPSA) is 84.2 Å². The van der Waals surface area contributed by atoms with E-state index in [-0.39, 0.29) is 24.4 Å². The Labute approximate surface area is 168 Å². The Morgan fingerprint density at radius 2 is 1.61 bits per heavy atom. The molecule has 0 aliphatic rings. The quantitative estimate of drug-likeness (QED) is 0.486. The maximum Gasteiger partial charge on any atom is 0.324 e. The molecule has 0 fully saturated rings. The number of aryl methyl sites for hydroxylation is 1. The van der Waals surface area contributed by atoms with Crippen LogP contribution >= 0.6 is 11.6 Å². The van der Waals surface area contributed by atoms with Gasteiger partial charge in [-0.2, -0.15) is 5.26 Å². The number of Topliss-reactive ketones (excluding diaryl/α,β-unsaturated/α-hetero) is 2. The molecule has 0 heterocycles. The van der Waals surface area contributed by atoms with E-state index in [0.717, 1.165) is 5.56 Å². The number of nitriles is 1. The molecule has 2 atom stereocenters. The molecule has 0 radical (unpaired) electrons. The summed E-state index contributed by atoms with van der Waals surface area (Å²) in [5.41, 5.74) is 1.68. The summed E-state index contributed by atoms with van der Waals surface area (Å²) in [5.74, 6) is -4.14. The van der Waals surface area contributed by atoms with Crippen LogP contribution < -0.4 is 0 Å². The summed E-state index contributed by atoms with van der Waals surface area (Å²) in [6.45, 7) is 3.58. The van der Waals surface area contributed by atoms with Gasteiger partial charge in [0.15, 0.2) is 17.5 Å². The van der Waals surface area contributed by atoms with E-state index in [1.54, 1.807) is 43.3 Å². The summed E-state index contributed by atoms with van der Waals surface area (Å²) in [5, 5.41) is 9.97. The van der Waals surface area contributed by atoms with Crippen molar-refractivity contribution in [3.63, 3.8) is 0 Å². The first kappa shape index (κ1) is 21.3. The highest BCUT2D eigenvalue weighted by Crippen LogP contribution is 2.25. The molecule has 28 heavy (non-hydrogen) atoms. The third-order valence-corrected chi connectivity index (χ3v) is 4.58. The molecule has 5 nitrogen and oxygen atoms in total. The first-order chi connectivity index (χ1) is 13.4. The van der Waals surface area contributed by atoms with Crippen molar-refractivity contribution in [1.82, 2.24) is 0 Å². The van der Waals surface area contributed by atoms with E-state index in [4.69, 9.17) is 16.3 Å². The van der Waals surface area contributed by atoms with Crippen LogP contribution in [0.2, 0.25) is 5.02 Å². The van der Waals surface area contributed by atoms with Gasteiger partial charge in [-0.25, -0.2) is 0 Å². The van der Waals surface area contributed by atoms with Crippen LogP contribution in [-0.4, -0.2) is 24.1 Å². The zero-order valence-electron chi connectivity index (χ0n) is 15.6. The fourth-order valence-electron chi connectivity index (χ4n) is 2.79. The number of nitrogens with zero attached hydrogens (tertiary/aromatic N) is 1. The Kier molecular flexibility index (Phi) is 7.48. The lowest BCUT2D eigenvalue weighted by Gasteiger charge is -2.19. The van der Waals surface area contributed by atoms with E-state index in [1.807, 2.05) is 13.0 Å². The van der Waals surface area contributed by atoms with Gasteiger partial charge in [0.2, 0.25) is 0 Å². The average molecular weight is 398 g/mol. The number of ketones is 2.